The lowest BCUT2D eigenvalue weighted by molar-refractivity contribution is 0.616. The van der Waals surface area contributed by atoms with Crippen molar-refractivity contribution in [3.8, 4) is 0 Å². The van der Waals surface area contributed by atoms with E-state index in [2.05, 4.69) is 15.6 Å². The van der Waals surface area contributed by atoms with Crippen LogP contribution in [0.1, 0.15) is 42.7 Å². The summed E-state index contributed by atoms with van der Waals surface area (Å²) in [5.74, 6) is 0.412. The molecular formula is C21H26ClF2N3. The summed E-state index contributed by atoms with van der Waals surface area (Å²) in [6.45, 7) is 2.51. The van der Waals surface area contributed by atoms with Gasteiger partial charge in [0.1, 0.15) is 11.6 Å². The molecule has 0 unspecified atom stereocenters. The molecule has 0 saturated carbocycles. The maximum Gasteiger partial charge on any atom is 0.191 e. The van der Waals surface area contributed by atoms with Crippen molar-refractivity contribution in [3.63, 3.8) is 0 Å². The lowest BCUT2D eigenvalue weighted by atomic mass is 9.88. The molecule has 6 heteroatoms. The fraction of sp³-hybridized carbons (Fsp3) is 0.381. The largest absolute Gasteiger partial charge is 0.356 e. The van der Waals surface area contributed by atoms with E-state index in [1.54, 1.807) is 24.3 Å². The smallest absolute Gasteiger partial charge is 0.191 e. The standard InChI is InChI=1S/C21H25F2N3.ClH/c22-18-8-4-16(5-9-18)20(17-6-10-19(23)11-7-17)12-15-26-21-24-13-2-1-3-14-25-21;/h4-11,20H,1-3,12-15H2,(H2,24,25,26);1H. The predicted molar refractivity (Wildman–Crippen MR) is 109 cm³/mol. The van der Waals surface area contributed by atoms with Crippen LogP contribution in [0.5, 0.6) is 0 Å². The average Bonchev–Trinajstić information content (AvgIpc) is 2.62. The first-order chi connectivity index (χ1) is 12.7. The average molecular weight is 394 g/mol. The molecule has 2 aromatic carbocycles. The van der Waals surface area contributed by atoms with Crippen LogP contribution in [0.4, 0.5) is 8.78 Å². The zero-order valence-electron chi connectivity index (χ0n) is 15.3. The quantitative estimate of drug-likeness (QED) is 0.777. The Bertz CT molecular complexity index is 672. The molecule has 1 aliphatic rings. The van der Waals surface area contributed by atoms with Crippen molar-refractivity contribution in [2.24, 2.45) is 4.99 Å². The van der Waals surface area contributed by atoms with Crippen LogP contribution in [0, 0.1) is 11.6 Å². The second-order valence-electron chi connectivity index (χ2n) is 6.59. The number of nitrogens with one attached hydrogen (secondary N) is 2. The van der Waals surface area contributed by atoms with Gasteiger partial charge < -0.3 is 10.6 Å². The van der Waals surface area contributed by atoms with E-state index in [4.69, 9.17) is 0 Å². The van der Waals surface area contributed by atoms with Crippen LogP contribution in [-0.4, -0.2) is 25.6 Å². The first-order valence-corrected chi connectivity index (χ1v) is 9.25. The van der Waals surface area contributed by atoms with Crippen LogP contribution in [-0.2, 0) is 0 Å². The Morgan fingerprint density at radius 1 is 0.889 bits per heavy atom. The van der Waals surface area contributed by atoms with Gasteiger partial charge >= 0.3 is 0 Å². The molecule has 1 heterocycles. The fourth-order valence-electron chi connectivity index (χ4n) is 3.24. The fourth-order valence-corrected chi connectivity index (χ4v) is 3.24. The van der Waals surface area contributed by atoms with E-state index in [9.17, 15) is 8.78 Å². The summed E-state index contributed by atoms with van der Waals surface area (Å²) in [6.07, 6.45) is 4.30. The van der Waals surface area contributed by atoms with Crippen LogP contribution in [0.3, 0.4) is 0 Å². The minimum Gasteiger partial charge on any atom is -0.356 e. The van der Waals surface area contributed by atoms with Crippen molar-refractivity contribution < 1.29 is 8.78 Å². The van der Waals surface area contributed by atoms with Gasteiger partial charge in [-0.05, 0) is 61.1 Å². The van der Waals surface area contributed by atoms with Gasteiger partial charge in [0.15, 0.2) is 5.96 Å². The second-order valence-corrected chi connectivity index (χ2v) is 6.59. The SMILES string of the molecule is Cl.Fc1ccc(C(CCNC2=NCCCCCN2)c2ccc(F)cc2)cc1. The number of guanidine groups is 1. The van der Waals surface area contributed by atoms with Gasteiger partial charge in [0, 0.05) is 25.6 Å². The Morgan fingerprint density at radius 2 is 1.48 bits per heavy atom. The molecule has 0 aliphatic carbocycles. The van der Waals surface area contributed by atoms with Crippen LogP contribution in [0.15, 0.2) is 53.5 Å². The van der Waals surface area contributed by atoms with Crippen molar-refractivity contribution in [2.45, 2.75) is 31.6 Å². The Morgan fingerprint density at radius 3 is 2.07 bits per heavy atom. The van der Waals surface area contributed by atoms with E-state index in [-0.39, 0.29) is 30.0 Å². The van der Waals surface area contributed by atoms with E-state index in [1.807, 2.05) is 0 Å². The van der Waals surface area contributed by atoms with Gasteiger partial charge in [-0.3, -0.25) is 4.99 Å². The van der Waals surface area contributed by atoms with Crippen LogP contribution in [0.25, 0.3) is 0 Å². The van der Waals surface area contributed by atoms with Crippen molar-refractivity contribution in [2.75, 3.05) is 19.6 Å². The summed E-state index contributed by atoms with van der Waals surface area (Å²) >= 11 is 0. The molecule has 0 bridgehead atoms. The highest BCUT2D eigenvalue weighted by Gasteiger charge is 2.15. The van der Waals surface area contributed by atoms with Gasteiger partial charge in [0.25, 0.3) is 0 Å². The third-order valence-corrected chi connectivity index (χ3v) is 4.67. The monoisotopic (exact) mass is 393 g/mol. The first-order valence-electron chi connectivity index (χ1n) is 9.25. The number of hydrogen-bond donors (Lipinski definition) is 2. The second kappa shape index (κ2) is 10.9. The summed E-state index contributed by atoms with van der Waals surface area (Å²) in [7, 11) is 0. The highest BCUT2D eigenvalue weighted by Crippen LogP contribution is 2.28. The van der Waals surface area contributed by atoms with Crippen molar-refractivity contribution in [1.82, 2.24) is 10.6 Å². The highest BCUT2D eigenvalue weighted by molar-refractivity contribution is 5.85. The number of benzene rings is 2. The van der Waals surface area contributed by atoms with E-state index < -0.39 is 0 Å². The first kappa shape index (κ1) is 21.2. The molecule has 27 heavy (non-hydrogen) atoms. The Kier molecular flexibility index (Phi) is 8.52. The molecule has 3 rings (SSSR count). The van der Waals surface area contributed by atoms with E-state index >= 15 is 0 Å². The Labute approximate surface area is 165 Å². The topological polar surface area (TPSA) is 36.4 Å². The number of rotatable bonds is 5. The van der Waals surface area contributed by atoms with Crippen molar-refractivity contribution in [1.29, 1.82) is 0 Å². The number of nitrogens with zero attached hydrogens (tertiary/aromatic N) is 1. The predicted octanol–water partition coefficient (Wildman–Crippen LogP) is 4.63. The minimum absolute atomic E-state index is 0. The molecule has 146 valence electrons. The molecule has 3 nitrogen and oxygen atoms in total. The Hall–Kier alpha value is -2.14. The third kappa shape index (κ3) is 6.51. The summed E-state index contributed by atoms with van der Waals surface area (Å²) < 4.78 is 26.6. The zero-order chi connectivity index (χ0) is 18.2. The van der Waals surface area contributed by atoms with Gasteiger partial charge in [0.2, 0.25) is 0 Å². The molecule has 0 radical (unpaired) electrons. The molecule has 0 atom stereocenters. The lowest BCUT2D eigenvalue weighted by Gasteiger charge is -2.20. The molecule has 1 aliphatic heterocycles. The molecule has 0 amide bonds. The maximum absolute atomic E-state index is 13.3. The van der Waals surface area contributed by atoms with Crippen molar-refractivity contribution >= 4 is 18.4 Å². The summed E-state index contributed by atoms with van der Waals surface area (Å²) in [4.78, 5) is 4.54. The van der Waals surface area contributed by atoms with E-state index in [1.165, 1.54) is 30.7 Å². The molecule has 0 saturated heterocycles. The van der Waals surface area contributed by atoms with Gasteiger partial charge in [-0.15, -0.1) is 12.4 Å². The van der Waals surface area contributed by atoms with Gasteiger partial charge in [0.05, 0.1) is 0 Å². The van der Waals surface area contributed by atoms with E-state index in [0.717, 1.165) is 56.0 Å². The van der Waals surface area contributed by atoms with Gasteiger partial charge in [-0.25, -0.2) is 8.78 Å². The van der Waals surface area contributed by atoms with Gasteiger partial charge in [-0.1, -0.05) is 24.3 Å². The summed E-state index contributed by atoms with van der Waals surface area (Å²) in [5, 5.41) is 6.70. The third-order valence-electron chi connectivity index (χ3n) is 4.67. The number of halogens is 3. The van der Waals surface area contributed by atoms with Crippen LogP contribution < -0.4 is 10.6 Å². The molecule has 0 aromatic heterocycles. The Balaban J connectivity index is 0.00000261. The summed E-state index contributed by atoms with van der Waals surface area (Å²) in [6, 6.07) is 13.1. The van der Waals surface area contributed by atoms with Crippen molar-refractivity contribution in [3.05, 3.63) is 71.3 Å². The lowest BCUT2D eigenvalue weighted by Crippen LogP contribution is -2.39. The highest BCUT2D eigenvalue weighted by atomic mass is 35.5. The summed E-state index contributed by atoms with van der Waals surface area (Å²) in [5.41, 5.74) is 2.04. The van der Waals surface area contributed by atoms with Crippen LogP contribution in [0.2, 0.25) is 0 Å². The number of hydrogen-bond acceptors (Lipinski definition) is 3. The molecule has 2 N–H and O–H groups in total. The normalized spacial score (nSPS) is 14.4. The molecule has 0 spiro atoms. The zero-order valence-corrected chi connectivity index (χ0v) is 16.1. The van der Waals surface area contributed by atoms with E-state index in [0.29, 0.717) is 0 Å². The maximum atomic E-state index is 13.3. The molecule has 0 fully saturated rings. The molecule has 2 aromatic rings. The minimum atomic E-state index is -0.252. The van der Waals surface area contributed by atoms with Crippen LogP contribution >= 0.6 is 12.4 Å². The number of aliphatic imine (C=N–C) groups is 1. The molecular weight excluding hydrogens is 368 g/mol. The van der Waals surface area contributed by atoms with Gasteiger partial charge in [-0.2, -0.15) is 0 Å².